The minimum Gasteiger partial charge on any atom is -0.346 e. The van der Waals surface area contributed by atoms with Crippen LogP contribution in [0.5, 0.6) is 0 Å². The van der Waals surface area contributed by atoms with Crippen molar-refractivity contribution >= 4 is 17.2 Å². The van der Waals surface area contributed by atoms with Crippen molar-refractivity contribution < 1.29 is 13.6 Å². The van der Waals surface area contributed by atoms with Gasteiger partial charge in [0, 0.05) is 36.3 Å². The van der Waals surface area contributed by atoms with Crippen LogP contribution >= 0.6 is 11.3 Å². The smallest absolute Gasteiger partial charge is 0.271 e. The molecule has 24 heavy (non-hydrogen) atoms. The topological polar surface area (TPSA) is 59.8 Å². The average molecular weight is 348 g/mol. The number of hydrogen-bond acceptors (Lipinski definition) is 4. The van der Waals surface area contributed by atoms with E-state index in [0.29, 0.717) is 17.1 Å². The standard InChI is InChI=1S/C16H14F2N4OS/c1-9-11(7-22(2)21-9)6-19-15(23)14-8-24-16(20-14)10-3-4-12(17)13(18)5-10/h3-5,7-8H,6H2,1-2H3,(H,19,23). The zero-order valence-electron chi connectivity index (χ0n) is 13.0. The first-order valence-electron chi connectivity index (χ1n) is 7.12. The van der Waals surface area contributed by atoms with Crippen LogP contribution in [-0.4, -0.2) is 20.7 Å². The maximum absolute atomic E-state index is 13.3. The quantitative estimate of drug-likeness (QED) is 0.788. The Kier molecular flexibility index (Phi) is 4.39. The number of aryl methyl sites for hydroxylation is 2. The summed E-state index contributed by atoms with van der Waals surface area (Å²) in [5.41, 5.74) is 2.43. The van der Waals surface area contributed by atoms with Gasteiger partial charge in [0.1, 0.15) is 10.7 Å². The number of hydrogen-bond donors (Lipinski definition) is 1. The van der Waals surface area contributed by atoms with E-state index in [0.717, 1.165) is 23.4 Å². The van der Waals surface area contributed by atoms with E-state index in [1.165, 1.54) is 17.4 Å². The average Bonchev–Trinajstić information content (AvgIpc) is 3.14. The van der Waals surface area contributed by atoms with Crippen molar-refractivity contribution in [1.82, 2.24) is 20.1 Å². The number of nitrogens with zero attached hydrogens (tertiary/aromatic N) is 3. The van der Waals surface area contributed by atoms with E-state index in [4.69, 9.17) is 0 Å². The van der Waals surface area contributed by atoms with Crippen molar-refractivity contribution in [3.8, 4) is 10.6 Å². The largest absolute Gasteiger partial charge is 0.346 e. The van der Waals surface area contributed by atoms with E-state index in [-0.39, 0.29) is 11.6 Å². The summed E-state index contributed by atoms with van der Waals surface area (Å²) in [4.78, 5) is 16.4. The molecule has 0 aliphatic rings. The highest BCUT2D eigenvalue weighted by molar-refractivity contribution is 7.13. The third kappa shape index (κ3) is 3.33. The molecule has 0 aliphatic heterocycles. The van der Waals surface area contributed by atoms with E-state index < -0.39 is 11.6 Å². The lowest BCUT2D eigenvalue weighted by molar-refractivity contribution is 0.0946. The van der Waals surface area contributed by atoms with Crippen molar-refractivity contribution in [3.63, 3.8) is 0 Å². The molecule has 0 saturated heterocycles. The van der Waals surface area contributed by atoms with Gasteiger partial charge in [0.25, 0.3) is 5.91 Å². The minimum atomic E-state index is -0.944. The van der Waals surface area contributed by atoms with Gasteiger partial charge in [-0.25, -0.2) is 13.8 Å². The van der Waals surface area contributed by atoms with E-state index in [1.807, 2.05) is 20.2 Å². The summed E-state index contributed by atoms with van der Waals surface area (Å²) < 4.78 is 28.0. The monoisotopic (exact) mass is 348 g/mol. The normalized spacial score (nSPS) is 10.8. The number of thiazole rings is 1. The van der Waals surface area contributed by atoms with E-state index in [9.17, 15) is 13.6 Å². The van der Waals surface area contributed by atoms with Crippen molar-refractivity contribution in [3.05, 3.63) is 58.4 Å². The first-order valence-corrected chi connectivity index (χ1v) is 8.00. The Morgan fingerprint density at radius 3 is 2.79 bits per heavy atom. The van der Waals surface area contributed by atoms with Crippen LogP contribution in [0.1, 0.15) is 21.7 Å². The Labute approximate surface area is 141 Å². The van der Waals surface area contributed by atoms with Crippen molar-refractivity contribution in [2.45, 2.75) is 13.5 Å². The second kappa shape index (κ2) is 6.48. The molecule has 1 N–H and O–H groups in total. The van der Waals surface area contributed by atoms with E-state index >= 15 is 0 Å². The molecule has 124 valence electrons. The van der Waals surface area contributed by atoms with Crippen LogP contribution in [0, 0.1) is 18.6 Å². The molecule has 0 atom stereocenters. The molecule has 0 aliphatic carbocycles. The Balaban J connectivity index is 1.71. The SMILES string of the molecule is Cc1nn(C)cc1CNC(=O)c1csc(-c2ccc(F)c(F)c2)n1. The van der Waals surface area contributed by atoms with Crippen LogP contribution in [0.4, 0.5) is 8.78 Å². The molecule has 0 saturated carbocycles. The van der Waals surface area contributed by atoms with E-state index in [2.05, 4.69) is 15.4 Å². The summed E-state index contributed by atoms with van der Waals surface area (Å²) >= 11 is 1.20. The molecule has 5 nitrogen and oxygen atoms in total. The molecule has 0 radical (unpaired) electrons. The summed E-state index contributed by atoms with van der Waals surface area (Å²) in [7, 11) is 1.81. The molecule has 3 aromatic rings. The Morgan fingerprint density at radius 2 is 2.12 bits per heavy atom. The zero-order chi connectivity index (χ0) is 17.3. The molecule has 0 spiro atoms. The molecule has 0 unspecified atom stereocenters. The van der Waals surface area contributed by atoms with Gasteiger partial charge in [-0.3, -0.25) is 9.48 Å². The molecule has 0 fully saturated rings. The predicted octanol–water partition coefficient (Wildman–Crippen LogP) is 3.06. The lowest BCUT2D eigenvalue weighted by Gasteiger charge is -2.01. The van der Waals surface area contributed by atoms with Crippen molar-refractivity contribution in [1.29, 1.82) is 0 Å². The number of carbonyl (C=O) groups excluding carboxylic acids is 1. The summed E-state index contributed by atoms with van der Waals surface area (Å²) in [6, 6.07) is 3.53. The Hall–Kier alpha value is -2.61. The second-order valence-electron chi connectivity index (χ2n) is 5.26. The molecule has 1 amide bonds. The number of rotatable bonds is 4. The van der Waals surface area contributed by atoms with Crippen LogP contribution in [0.15, 0.2) is 29.8 Å². The van der Waals surface area contributed by atoms with E-state index in [1.54, 1.807) is 10.1 Å². The maximum atomic E-state index is 13.3. The highest BCUT2D eigenvalue weighted by atomic mass is 32.1. The lowest BCUT2D eigenvalue weighted by atomic mass is 10.2. The van der Waals surface area contributed by atoms with Crippen LogP contribution in [0.3, 0.4) is 0 Å². The number of benzene rings is 1. The van der Waals surface area contributed by atoms with Gasteiger partial charge in [0.05, 0.1) is 5.69 Å². The molecule has 1 aromatic carbocycles. The zero-order valence-corrected chi connectivity index (χ0v) is 13.8. The van der Waals surface area contributed by atoms with Gasteiger partial charge in [-0.2, -0.15) is 5.10 Å². The van der Waals surface area contributed by atoms with Gasteiger partial charge in [-0.15, -0.1) is 11.3 Å². The first-order chi connectivity index (χ1) is 11.4. The summed E-state index contributed by atoms with van der Waals surface area (Å²) in [6.45, 7) is 2.21. The molecular weight excluding hydrogens is 334 g/mol. The summed E-state index contributed by atoms with van der Waals surface area (Å²) in [6.07, 6.45) is 1.84. The highest BCUT2D eigenvalue weighted by Gasteiger charge is 2.14. The third-order valence-electron chi connectivity index (χ3n) is 3.46. The molecule has 2 heterocycles. The maximum Gasteiger partial charge on any atom is 0.271 e. The fourth-order valence-electron chi connectivity index (χ4n) is 2.23. The highest BCUT2D eigenvalue weighted by Crippen LogP contribution is 2.25. The molecular formula is C16H14F2N4OS. The fraction of sp³-hybridized carbons (Fsp3) is 0.188. The van der Waals surface area contributed by atoms with Gasteiger partial charge < -0.3 is 5.32 Å². The third-order valence-corrected chi connectivity index (χ3v) is 4.35. The molecule has 8 heteroatoms. The number of amides is 1. The Bertz CT molecular complexity index is 903. The lowest BCUT2D eigenvalue weighted by Crippen LogP contribution is -2.23. The fourth-order valence-corrected chi connectivity index (χ4v) is 3.03. The van der Waals surface area contributed by atoms with Crippen molar-refractivity contribution in [2.75, 3.05) is 0 Å². The van der Waals surface area contributed by atoms with Gasteiger partial charge in [-0.05, 0) is 25.1 Å². The van der Waals surface area contributed by atoms with Crippen LogP contribution in [0.2, 0.25) is 0 Å². The van der Waals surface area contributed by atoms with Gasteiger partial charge in [0.2, 0.25) is 0 Å². The van der Waals surface area contributed by atoms with Gasteiger partial charge in [-0.1, -0.05) is 0 Å². The number of carbonyl (C=O) groups is 1. The van der Waals surface area contributed by atoms with Crippen molar-refractivity contribution in [2.24, 2.45) is 7.05 Å². The minimum absolute atomic E-state index is 0.237. The summed E-state index contributed by atoms with van der Waals surface area (Å²) in [5.74, 6) is -2.19. The molecule has 3 rings (SSSR count). The first kappa shape index (κ1) is 16.3. The number of nitrogens with one attached hydrogen (secondary N) is 1. The van der Waals surface area contributed by atoms with Crippen LogP contribution in [-0.2, 0) is 13.6 Å². The Morgan fingerprint density at radius 1 is 1.33 bits per heavy atom. The van der Waals surface area contributed by atoms with Crippen LogP contribution in [0.25, 0.3) is 10.6 Å². The second-order valence-corrected chi connectivity index (χ2v) is 6.12. The molecule has 2 aromatic heterocycles. The molecule has 0 bridgehead atoms. The summed E-state index contributed by atoms with van der Waals surface area (Å²) in [5, 5.41) is 9.02. The van der Waals surface area contributed by atoms with Crippen LogP contribution < -0.4 is 5.32 Å². The number of halogens is 2. The predicted molar refractivity (Wildman–Crippen MR) is 86.6 cm³/mol. The van der Waals surface area contributed by atoms with Gasteiger partial charge >= 0.3 is 0 Å². The number of aromatic nitrogens is 3. The van der Waals surface area contributed by atoms with Gasteiger partial charge in [0.15, 0.2) is 11.6 Å².